The first kappa shape index (κ1) is 19.1. The van der Waals surface area contributed by atoms with Gasteiger partial charge in [0, 0.05) is 43.8 Å². The minimum atomic E-state index is -0.375. The number of fused-ring (bicyclic) bond motifs is 1. The normalized spacial score (nSPS) is 15.0. The second kappa shape index (κ2) is 8.43. The number of nitrogens with one attached hydrogen (secondary N) is 1. The molecule has 0 aromatic heterocycles. The van der Waals surface area contributed by atoms with Crippen molar-refractivity contribution in [3.8, 4) is 0 Å². The minimum Gasteiger partial charge on any atom is -0.346 e. The number of benzene rings is 3. The SMILES string of the molecule is Fc1ccc(CN2CCN(C(=S)Nc3cccc4ccccc34)CC2)cc1Cl. The van der Waals surface area contributed by atoms with E-state index >= 15 is 0 Å². The van der Waals surface area contributed by atoms with E-state index < -0.39 is 0 Å². The van der Waals surface area contributed by atoms with Crippen molar-refractivity contribution in [2.24, 2.45) is 0 Å². The molecule has 0 atom stereocenters. The molecule has 1 aliphatic heterocycles. The Bertz CT molecular complexity index is 997. The van der Waals surface area contributed by atoms with Gasteiger partial charge in [0.1, 0.15) is 5.82 Å². The summed E-state index contributed by atoms with van der Waals surface area (Å²) in [4.78, 5) is 4.53. The van der Waals surface area contributed by atoms with Gasteiger partial charge in [-0.1, -0.05) is 54.1 Å². The Morgan fingerprint density at radius 3 is 2.54 bits per heavy atom. The van der Waals surface area contributed by atoms with Gasteiger partial charge in [-0.2, -0.15) is 0 Å². The molecule has 144 valence electrons. The zero-order chi connectivity index (χ0) is 19.5. The van der Waals surface area contributed by atoms with Crippen molar-refractivity contribution in [2.75, 3.05) is 31.5 Å². The molecule has 0 unspecified atom stereocenters. The smallest absolute Gasteiger partial charge is 0.173 e. The summed E-state index contributed by atoms with van der Waals surface area (Å²) in [6.45, 7) is 4.26. The number of rotatable bonds is 3. The molecule has 1 aliphatic rings. The van der Waals surface area contributed by atoms with Gasteiger partial charge in [-0.3, -0.25) is 4.90 Å². The van der Waals surface area contributed by atoms with Crippen molar-refractivity contribution in [3.63, 3.8) is 0 Å². The molecule has 28 heavy (non-hydrogen) atoms. The van der Waals surface area contributed by atoms with Gasteiger partial charge < -0.3 is 10.2 Å². The molecule has 4 rings (SSSR count). The van der Waals surface area contributed by atoms with Gasteiger partial charge in [0.2, 0.25) is 0 Å². The van der Waals surface area contributed by atoms with Crippen LogP contribution in [0.2, 0.25) is 5.02 Å². The van der Waals surface area contributed by atoms with E-state index in [-0.39, 0.29) is 10.8 Å². The average molecular weight is 414 g/mol. The lowest BCUT2D eigenvalue weighted by molar-refractivity contribution is 0.177. The van der Waals surface area contributed by atoms with Crippen LogP contribution < -0.4 is 5.32 Å². The first-order valence-electron chi connectivity index (χ1n) is 9.30. The van der Waals surface area contributed by atoms with Crippen LogP contribution in [0.15, 0.2) is 60.7 Å². The van der Waals surface area contributed by atoms with Crippen LogP contribution in [-0.4, -0.2) is 41.1 Å². The van der Waals surface area contributed by atoms with E-state index in [1.807, 2.05) is 18.2 Å². The van der Waals surface area contributed by atoms with Crippen molar-refractivity contribution in [1.82, 2.24) is 9.80 Å². The summed E-state index contributed by atoms with van der Waals surface area (Å²) in [6, 6.07) is 19.4. The zero-order valence-electron chi connectivity index (χ0n) is 15.4. The monoisotopic (exact) mass is 413 g/mol. The average Bonchev–Trinajstić information content (AvgIpc) is 2.71. The predicted octanol–water partition coefficient (Wildman–Crippen LogP) is 5.15. The molecule has 0 amide bonds. The van der Waals surface area contributed by atoms with Crippen LogP contribution in [0.25, 0.3) is 10.8 Å². The second-order valence-electron chi connectivity index (χ2n) is 6.97. The molecule has 1 fully saturated rings. The fraction of sp³-hybridized carbons (Fsp3) is 0.227. The molecule has 1 saturated heterocycles. The summed E-state index contributed by atoms with van der Waals surface area (Å²) in [5.74, 6) is -0.375. The Morgan fingerprint density at radius 1 is 1.00 bits per heavy atom. The van der Waals surface area contributed by atoms with Crippen molar-refractivity contribution < 1.29 is 4.39 Å². The summed E-state index contributed by atoms with van der Waals surface area (Å²) in [5, 5.41) is 6.70. The van der Waals surface area contributed by atoms with E-state index in [9.17, 15) is 4.39 Å². The maximum Gasteiger partial charge on any atom is 0.173 e. The highest BCUT2D eigenvalue weighted by molar-refractivity contribution is 7.80. The number of thiocarbonyl (C=S) groups is 1. The highest BCUT2D eigenvalue weighted by Gasteiger charge is 2.19. The molecule has 3 nitrogen and oxygen atoms in total. The molecule has 6 heteroatoms. The second-order valence-corrected chi connectivity index (χ2v) is 7.76. The maximum atomic E-state index is 13.3. The van der Waals surface area contributed by atoms with Crippen LogP contribution in [0.4, 0.5) is 10.1 Å². The third-order valence-electron chi connectivity index (χ3n) is 5.08. The van der Waals surface area contributed by atoms with Crippen molar-refractivity contribution >= 4 is 45.4 Å². The Balaban J connectivity index is 1.35. The third kappa shape index (κ3) is 4.27. The molecule has 0 bridgehead atoms. The Morgan fingerprint density at radius 2 is 1.75 bits per heavy atom. The van der Waals surface area contributed by atoms with Crippen LogP contribution >= 0.6 is 23.8 Å². The molecule has 0 spiro atoms. The van der Waals surface area contributed by atoms with Crippen molar-refractivity contribution in [3.05, 3.63) is 77.1 Å². The third-order valence-corrected chi connectivity index (χ3v) is 5.73. The largest absolute Gasteiger partial charge is 0.346 e. The maximum absolute atomic E-state index is 13.3. The highest BCUT2D eigenvalue weighted by Crippen LogP contribution is 2.23. The summed E-state index contributed by atoms with van der Waals surface area (Å²) in [7, 11) is 0. The Kier molecular flexibility index (Phi) is 5.76. The molecule has 0 saturated carbocycles. The molecule has 0 radical (unpaired) electrons. The lowest BCUT2D eigenvalue weighted by Crippen LogP contribution is -2.49. The molecule has 1 heterocycles. The van der Waals surface area contributed by atoms with Gasteiger partial charge in [-0.25, -0.2) is 4.39 Å². The van der Waals surface area contributed by atoms with Crippen LogP contribution in [-0.2, 0) is 6.54 Å². The highest BCUT2D eigenvalue weighted by atomic mass is 35.5. The van der Waals surface area contributed by atoms with Gasteiger partial charge >= 0.3 is 0 Å². The predicted molar refractivity (Wildman–Crippen MR) is 118 cm³/mol. The molecule has 1 N–H and O–H groups in total. The van der Waals surface area contributed by atoms with Crippen LogP contribution in [0.3, 0.4) is 0 Å². The van der Waals surface area contributed by atoms with Gasteiger partial charge in [0.25, 0.3) is 0 Å². The molecule has 0 aliphatic carbocycles. The first-order chi connectivity index (χ1) is 13.6. The lowest BCUT2D eigenvalue weighted by atomic mass is 10.1. The van der Waals surface area contributed by atoms with Crippen molar-refractivity contribution in [2.45, 2.75) is 6.54 Å². The standard InChI is InChI=1S/C22H21ClFN3S/c23-19-14-16(8-9-20(19)24)15-26-10-12-27(13-11-26)22(28)25-21-7-3-5-17-4-1-2-6-18(17)21/h1-9,14H,10-13,15H2,(H,25,28). The topological polar surface area (TPSA) is 18.5 Å². The van der Waals surface area contributed by atoms with Gasteiger partial charge in [-0.15, -0.1) is 0 Å². The molecular weight excluding hydrogens is 393 g/mol. The van der Waals surface area contributed by atoms with Gasteiger partial charge in [-0.05, 0) is 41.4 Å². The molecule has 3 aromatic carbocycles. The number of hydrogen-bond acceptors (Lipinski definition) is 2. The minimum absolute atomic E-state index is 0.177. The lowest BCUT2D eigenvalue weighted by Gasteiger charge is -2.36. The van der Waals surface area contributed by atoms with E-state index in [0.717, 1.165) is 49.1 Å². The fourth-order valence-corrected chi connectivity index (χ4v) is 4.03. The summed E-state index contributed by atoms with van der Waals surface area (Å²) in [6.07, 6.45) is 0. The van der Waals surface area contributed by atoms with Gasteiger partial charge in [0.15, 0.2) is 5.11 Å². The fourth-order valence-electron chi connectivity index (χ4n) is 3.53. The number of anilines is 1. The van der Waals surface area contributed by atoms with Gasteiger partial charge in [0.05, 0.1) is 5.02 Å². The van der Waals surface area contributed by atoms with Crippen LogP contribution in [0.5, 0.6) is 0 Å². The van der Waals surface area contributed by atoms with Crippen LogP contribution in [0, 0.1) is 5.82 Å². The zero-order valence-corrected chi connectivity index (χ0v) is 16.9. The summed E-state index contributed by atoms with van der Waals surface area (Å²) < 4.78 is 13.3. The Hall–Kier alpha value is -2.21. The summed E-state index contributed by atoms with van der Waals surface area (Å²) in [5.41, 5.74) is 2.06. The number of piperazine rings is 1. The number of halogens is 2. The summed E-state index contributed by atoms with van der Waals surface area (Å²) >= 11 is 11.5. The van der Waals surface area contributed by atoms with E-state index in [2.05, 4.69) is 39.4 Å². The van der Waals surface area contributed by atoms with E-state index in [1.165, 1.54) is 16.8 Å². The van der Waals surface area contributed by atoms with Crippen molar-refractivity contribution in [1.29, 1.82) is 0 Å². The quantitative estimate of drug-likeness (QED) is 0.598. The number of nitrogens with zero attached hydrogens (tertiary/aromatic N) is 2. The van der Waals surface area contributed by atoms with Crippen LogP contribution in [0.1, 0.15) is 5.56 Å². The van der Waals surface area contributed by atoms with E-state index in [4.69, 9.17) is 23.8 Å². The molecule has 3 aromatic rings. The molecular formula is C22H21ClFN3S. The van der Waals surface area contributed by atoms with E-state index in [1.54, 1.807) is 12.1 Å². The number of hydrogen-bond donors (Lipinski definition) is 1. The Labute approximate surface area is 174 Å². The van der Waals surface area contributed by atoms with E-state index in [0.29, 0.717) is 0 Å². The first-order valence-corrected chi connectivity index (χ1v) is 10.1.